The molecule has 4 heteroatoms. The van der Waals surface area contributed by atoms with E-state index in [0.29, 0.717) is 17.5 Å². The Labute approximate surface area is 93.6 Å². The summed E-state index contributed by atoms with van der Waals surface area (Å²) in [5.41, 5.74) is 0. The van der Waals surface area contributed by atoms with Crippen LogP contribution in [0.15, 0.2) is 0 Å². The molecule has 90 valence electrons. The Hall–Kier alpha value is -0.0900. The lowest BCUT2D eigenvalue weighted by molar-refractivity contribution is 0.399. The summed E-state index contributed by atoms with van der Waals surface area (Å²) in [5.74, 6) is 0.715. The smallest absolute Gasteiger partial charge is 0.151 e. The van der Waals surface area contributed by atoms with Crippen LogP contribution in [0.2, 0.25) is 0 Å². The van der Waals surface area contributed by atoms with Crippen molar-refractivity contribution < 1.29 is 8.42 Å². The van der Waals surface area contributed by atoms with Crippen molar-refractivity contribution in [3.8, 4) is 0 Å². The number of sulfone groups is 1. The fraction of sp³-hybridized carbons (Fsp3) is 1.00. The minimum atomic E-state index is -2.73. The highest BCUT2D eigenvalue weighted by atomic mass is 32.2. The first kappa shape index (κ1) is 13.0. The summed E-state index contributed by atoms with van der Waals surface area (Å²) in [6.45, 7) is 4.35. The maximum atomic E-state index is 11.3. The molecule has 1 saturated heterocycles. The van der Waals surface area contributed by atoms with E-state index in [-0.39, 0.29) is 6.04 Å². The van der Waals surface area contributed by atoms with Crippen LogP contribution in [0.25, 0.3) is 0 Å². The van der Waals surface area contributed by atoms with Crippen LogP contribution in [-0.2, 0) is 9.84 Å². The fourth-order valence-electron chi connectivity index (χ4n) is 2.27. The van der Waals surface area contributed by atoms with Gasteiger partial charge in [-0.05, 0) is 19.3 Å². The zero-order chi connectivity index (χ0) is 11.3. The van der Waals surface area contributed by atoms with E-state index in [1.807, 2.05) is 0 Å². The zero-order valence-electron chi connectivity index (χ0n) is 9.83. The van der Waals surface area contributed by atoms with E-state index in [1.54, 1.807) is 0 Å². The molecule has 0 aromatic carbocycles. The van der Waals surface area contributed by atoms with Gasteiger partial charge in [0.15, 0.2) is 9.84 Å². The topological polar surface area (TPSA) is 46.2 Å². The van der Waals surface area contributed by atoms with E-state index in [0.717, 1.165) is 32.1 Å². The Morgan fingerprint density at radius 3 is 2.27 bits per heavy atom. The average Bonchev–Trinajstić information content (AvgIpc) is 2.46. The molecule has 1 N–H and O–H groups in total. The van der Waals surface area contributed by atoms with Crippen molar-refractivity contribution in [3.63, 3.8) is 0 Å². The lowest BCUT2D eigenvalue weighted by Crippen LogP contribution is -2.38. The zero-order valence-corrected chi connectivity index (χ0v) is 10.6. The van der Waals surface area contributed by atoms with Gasteiger partial charge in [-0.1, -0.05) is 26.7 Å². The fourth-order valence-corrected chi connectivity index (χ4v) is 3.95. The molecule has 0 saturated carbocycles. The maximum absolute atomic E-state index is 11.3. The highest BCUT2D eigenvalue weighted by molar-refractivity contribution is 7.91. The predicted molar refractivity (Wildman–Crippen MR) is 63.8 cm³/mol. The first-order valence-corrected chi connectivity index (χ1v) is 7.86. The first-order chi connectivity index (χ1) is 7.07. The lowest BCUT2D eigenvalue weighted by atomic mass is 10.1. The Kier molecular flexibility index (Phi) is 5.06. The van der Waals surface area contributed by atoms with Gasteiger partial charge < -0.3 is 5.32 Å². The molecule has 1 aliphatic heterocycles. The van der Waals surface area contributed by atoms with Crippen LogP contribution in [0.4, 0.5) is 0 Å². The van der Waals surface area contributed by atoms with Gasteiger partial charge in [-0.15, -0.1) is 0 Å². The van der Waals surface area contributed by atoms with Crippen molar-refractivity contribution in [2.24, 2.45) is 0 Å². The third-order valence-corrected chi connectivity index (χ3v) is 4.75. The maximum Gasteiger partial charge on any atom is 0.151 e. The molecular weight excluding hydrogens is 210 g/mol. The Morgan fingerprint density at radius 2 is 1.87 bits per heavy atom. The quantitative estimate of drug-likeness (QED) is 0.760. The van der Waals surface area contributed by atoms with E-state index in [2.05, 4.69) is 19.2 Å². The molecule has 0 aliphatic carbocycles. The van der Waals surface area contributed by atoms with Crippen LogP contribution in [0, 0.1) is 0 Å². The van der Waals surface area contributed by atoms with Crippen LogP contribution < -0.4 is 5.32 Å². The summed E-state index contributed by atoms with van der Waals surface area (Å²) in [7, 11) is -2.73. The van der Waals surface area contributed by atoms with Crippen LogP contribution in [0.5, 0.6) is 0 Å². The SMILES string of the molecule is CCCC(CCC)N[C@H]1CCS(=O)(=O)C1. The Morgan fingerprint density at radius 1 is 1.27 bits per heavy atom. The van der Waals surface area contributed by atoms with Gasteiger partial charge in [0.2, 0.25) is 0 Å². The molecule has 0 bridgehead atoms. The van der Waals surface area contributed by atoms with Crippen molar-refractivity contribution in [2.45, 2.75) is 58.0 Å². The summed E-state index contributed by atoms with van der Waals surface area (Å²) in [5, 5.41) is 3.49. The normalized spacial score (nSPS) is 24.9. The second-order valence-electron chi connectivity index (χ2n) is 4.54. The van der Waals surface area contributed by atoms with Gasteiger partial charge in [-0.25, -0.2) is 8.42 Å². The van der Waals surface area contributed by atoms with Crippen molar-refractivity contribution in [3.05, 3.63) is 0 Å². The number of hydrogen-bond donors (Lipinski definition) is 1. The molecule has 0 aromatic heterocycles. The predicted octanol–water partition coefficient (Wildman–Crippen LogP) is 1.73. The van der Waals surface area contributed by atoms with Crippen molar-refractivity contribution in [2.75, 3.05) is 11.5 Å². The largest absolute Gasteiger partial charge is 0.310 e. The molecule has 1 rings (SSSR count). The van der Waals surface area contributed by atoms with E-state index < -0.39 is 9.84 Å². The third kappa shape index (κ3) is 4.51. The van der Waals surface area contributed by atoms with Crippen molar-refractivity contribution in [1.29, 1.82) is 0 Å². The van der Waals surface area contributed by atoms with Gasteiger partial charge in [0.1, 0.15) is 0 Å². The van der Waals surface area contributed by atoms with Gasteiger partial charge >= 0.3 is 0 Å². The highest BCUT2D eigenvalue weighted by Crippen LogP contribution is 2.14. The van der Waals surface area contributed by atoms with E-state index in [4.69, 9.17) is 0 Å². The van der Waals surface area contributed by atoms with E-state index >= 15 is 0 Å². The first-order valence-electron chi connectivity index (χ1n) is 6.04. The van der Waals surface area contributed by atoms with Crippen LogP contribution >= 0.6 is 0 Å². The van der Waals surface area contributed by atoms with Gasteiger partial charge in [0, 0.05) is 12.1 Å². The summed E-state index contributed by atoms with van der Waals surface area (Å²) in [4.78, 5) is 0. The Bertz CT molecular complexity index is 268. The summed E-state index contributed by atoms with van der Waals surface area (Å²) >= 11 is 0. The van der Waals surface area contributed by atoms with Gasteiger partial charge in [-0.3, -0.25) is 0 Å². The second-order valence-corrected chi connectivity index (χ2v) is 6.77. The summed E-state index contributed by atoms with van der Waals surface area (Å²) in [6.07, 6.45) is 5.44. The average molecular weight is 233 g/mol. The van der Waals surface area contributed by atoms with E-state index in [9.17, 15) is 8.42 Å². The molecule has 0 spiro atoms. The van der Waals surface area contributed by atoms with E-state index in [1.165, 1.54) is 0 Å². The molecule has 15 heavy (non-hydrogen) atoms. The van der Waals surface area contributed by atoms with Gasteiger partial charge in [0.05, 0.1) is 11.5 Å². The number of rotatable bonds is 6. The molecule has 1 fully saturated rings. The van der Waals surface area contributed by atoms with Crippen LogP contribution in [0.1, 0.15) is 46.0 Å². The lowest BCUT2D eigenvalue weighted by Gasteiger charge is -2.21. The molecule has 0 aromatic rings. The molecule has 1 atom stereocenters. The molecule has 3 nitrogen and oxygen atoms in total. The molecule has 0 amide bonds. The summed E-state index contributed by atoms with van der Waals surface area (Å²) < 4.78 is 22.6. The number of hydrogen-bond acceptors (Lipinski definition) is 3. The molecule has 0 unspecified atom stereocenters. The van der Waals surface area contributed by atoms with Crippen LogP contribution in [0.3, 0.4) is 0 Å². The van der Waals surface area contributed by atoms with Crippen LogP contribution in [-0.4, -0.2) is 32.0 Å². The molecule has 1 aliphatic rings. The molecule has 1 heterocycles. The summed E-state index contributed by atoms with van der Waals surface area (Å²) in [6, 6.07) is 0.719. The second kappa shape index (κ2) is 5.85. The number of nitrogens with one attached hydrogen (secondary N) is 1. The monoisotopic (exact) mass is 233 g/mol. The van der Waals surface area contributed by atoms with Gasteiger partial charge in [-0.2, -0.15) is 0 Å². The minimum Gasteiger partial charge on any atom is -0.310 e. The Balaban J connectivity index is 2.38. The highest BCUT2D eigenvalue weighted by Gasteiger charge is 2.28. The minimum absolute atomic E-state index is 0.207. The molecule has 0 radical (unpaired) electrons. The third-order valence-electron chi connectivity index (χ3n) is 2.98. The van der Waals surface area contributed by atoms with Crippen molar-refractivity contribution >= 4 is 9.84 Å². The standard InChI is InChI=1S/C11H23NO2S/c1-3-5-10(6-4-2)12-11-7-8-15(13,14)9-11/h10-12H,3-9H2,1-2H3/t11-/m0/s1. The molecular formula is C11H23NO2S. The van der Waals surface area contributed by atoms with Crippen molar-refractivity contribution in [1.82, 2.24) is 5.32 Å². The van der Waals surface area contributed by atoms with Gasteiger partial charge in [0.25, 0.3) is 0 Å².